The van der Waals surface area contributed by atoms with Crippen LogP contribution in [0.15, 0.2) is 24.3 Å². The van der Waals surface area contributed by atoms with E-state index in [0.717, 1.165) is 19.3 Å². The van der Waals surface area contributed by atoms with Gasteiger partial charge < -0.3 is 14.7 Å². The summed E-state index contributed by atoms with van der Waals surface area (Å²) in [7, 11) is 0. The molecule has 2 saturated heterocycles. The Kier molecular flexibility index (Phi) is 4.82. The van der Waals surface area contributed by atoms with Crippen LogP contribution >= 0.6 is 0 Å². The van der Waals surface area contributed by atoms with Gasteiger partial charge in [-0.3, -0.25) is 14.5 Å². The quantitative estimate of drug-likeness (QED) is 0.851. The van der Waals surface area contributed by atoms with Gasteiger partial charge in [0, 0.05) is 37.4 Å². The Hall–Kier alpha value is -2.48. The minimum atomic E-state index is -1.14. The first kappa shape index (κ1) is 18.9. The van der Waals surface area contributed by atoms with Crippen LogP contribution < -0.4 is 0 Å². The Morgan fingerprint density at radius 2 is 1.75 bits per heavy atom. The molecule has 0 unspecified atom stereocenters. The van der Waals surface area contributed by atoms with Crippen LogP contribution in [0.25, 0.3) is 0 Å². The lowest BCUT2D eigenvalue weighted by atomic mass is 9.83. The number of rotatable bonds is 3. The fourth-order valence-corrected chi connectivity index (χ4v) is 4.28. The Morgan fingerprint density at radius 3 is 2.29 bits per heavy atom. The average molecular weight is 390 g/mol. The molecule has 1 aromatic carbocycles. The van der Waals surface area contributed by atoms with Gasteiger partial charge in [-0.1, -0.05) is 6.42 Å². The molecule has 3 aliphatic rings. The number of nitrogens with zero attached hydrogens (tertiary/aromatic N) is 2. The van der Waals surface area contributed by atoms with Gasteiger partial charge in [0.25, 0.3) is 5.91 Å². The van der Waals surface area contributed by atoms with Crippen LogP contribution in [0.4, 0.5) is 4.39 Å². The van der Waals surface area contributed by atoms with Crippen molar-refractivity contribution in [3.63, 3.8) is 0 Å². The Balaban J connectivity index is 1.55. The Bertz CT molecular complexity index is 784. The van der Waals surface area contributed by atoms with Gasteiger partial charge in [0.05, 0.1) is 6.61 Å². The first-order valence-corrected chi connectivity index (χ1v) is 9.66. The number of likely N-dealkylation sites (tertiary alicyclic amines) is 1. The fraction of sp³-hybridized carbons (Fsp3) is 0.550. The van der Waals surface area contributed by atoms with E-state index >= 15 is 0 Å². The summed E-state index contributed by atoms with van der Waals surface area (Å²) in [5, 5.41) is 9.59. The molecule has 1 atom stereocenters. The summed E-state index contributed by atoms with van der Waals surface area (Å²) in [4.78, 5) is 40.4. The van der Waals surface area contributed by atoms with Crippen LogP contribution in [0.3, 0.4) is 0 Å². The third-order valence-electron chi connectivity index (χ3n) is 6.17. The molecule has 1 spiro atoms. The molecular weight excluding hydrogens is 367 g/mol. The maximum absolute atomic E-state index is 13.2. The molecule has 7 nitrogen and oxygen atoms in total. The van der Waals surface area contributed by atoms with Gasteiger partial charge in [0.15, 0.2) is 6.04 Å². The van der Waals surface area contributed by atoms with Gasteiger partial charge in [-0.25, -0.2) is 9.18 Å². The molecule has 0 bridgehead atoms. The molecule has 2 amide bonds. The average Bonchev–Trinajstić information content (AvgIpc) is 3.00. The summed E-state index contributed by atoms with van der Waals surface area (Å²) < 4.78 is 19.1. The van der Waals surface area contributed by atoms with E-state index in [4.69, 9.17) is 4.74 Å². The largest absolute Gasteiger partial charge is 0.480 e. The van der Waals surface area contributed by atoms with E-state index in [0.29, 0.717) is 25.9 Å². The fourth-order valence-electron chi connectivity index (χ4n) is 4.28. The summed E-state index contributed by atoms with van der Waals surface area (Å²) in [6.45, 7) is 0.753. The highest BCUT2D eigenvalue weighted by Gasteiger charge is 2.54. The third-order valence-corrected chi connectivity index (χ3v) is 6.17. The molecule has 3 fully saturated rings. The van der Waals surface area contributed by atoms with Crippen molar-refractivity contribution in [1.82, 2.24) is 9.80 Å². The molecule has 2 heterocycles. The summed E-state index contributed by atoms with van der Waals surface area (Å²) in [5.41, 5.74) is -0.837. The van der Waals surface area contributed by atoms with Crippen molar-refractivity contribution in [3.05, 3.63) is 35.6 Å². The monoisotopic (exact) mass is 390 g/mol. The van der Waals surface area contributed by atoms with Crippen molar-refractivity contribution in [3.8, 4) is 0 Å². The van der Waals surface area contributed by atoms with Crippen molar-refractivity contribution >= 4 is 17.8 Å². The van der Waals surface area contributed by atoms with E-state index < -0.39 is 29.5 Å². The molecule has 1 N–H and O–H groups in total. The van der Waals surface area contributed by atoms with Crippen molar-refractivity contribution in [1.29, 1.82) is 0 Å². The Morgan fingerprint density at radius 1 is 1.11 bits per heavy atom. The maximum Gasteiger partial charge on any atom is 0.328 e. The van der Waals surface area contributed by atoms with Gasteiger partial charge in [0.1, 0.15) is 11.5 Å². The highest BCUT2D eigenvalue weighted by Crippen LogP contribution is 2.39. The minimum absolute atomic E-state index is 0.0984. The third kappa shape index (κ3) is 3.15. The zero-order valence-corrected chi connectivity index (χ0v) is 15.5. The van der Waals surface area contributed by atoms with Crippen molar-refractivity contribution in [2.24, 2.45) is 5.92 Å². The van der Waals surface area contributed by atoms with E-state index in [2.05, 4.69) is 0 Å². The molecule has 0 radical (unpaired) electrons. The zero-order chi connectivity index (χ0) is 19.9. The molecule has 0 aromatic heterocycles. The predicted octanol–water partition coefficient (Wildman–Crippen LogP) is 1.87. The van der Waals surface area contributed by atoms with Crippen LogP contribution in [0.5, 0.6) is 0 Å². The molecule has 1 aliphatic carbocycles. The number of halogens is 1. The van der Waals surface area contributed by atoms with Gasteiger partial charge in [-0.05, 0) is 37.1 Å². The molecule has 2 aliphatic heterocycles. The van der Waals surface area contributed by atoms with E-state index in [1.54, 1.807) is 4.90 Å². The number of hydrogen-bond donors (Lipinski definition) is 1. The lowest BCUT2D eigenvalue weighted by Crippen LogP contribution is -2.59. The summed E-state index contributed by atoms with van der Waals surface area (Å²) in [6, 6.07) is 3.93. The highest BCUT2D eigenvalue weighted by molar-refractivity contribution is 5.97. The number of amides is 2. The highest BCUT2D eigenvalue weighted by atomic mass is 19.1. The number of carboxylic acids is 1. The first-order chi connectivity index (χ1) is 13.4. The standard InChI is InChI=1S/C20H23FN2O5/c21-15-6-4-14(5-7-15)18(25)23-16(19(26)27)12-28-20(23)8-10-22(11-9-20)17(24)13-2-1-3-13/h4-7,13,16H,1-3,8-12H2,(H,26,27)/t16-/m0/s1. The van der Waals surface area contributed by atoms with Crippen LogP contribution in [-0.2, 0) is 14.3 Å². The van der Waals surface area contributed by atoms with E-state index in [1.807, 2.05) is 0 Å². The van der Waals surface area contributed by atoms with Crippen LogP contribution in [0.2, 0.25) is 0 Å². The van der Waals surface area contributed by atoms with Gasteiger partial charge in [-0.2, -0.15) is 0 Å². The summed E-state index contributed by atoms with van der Waals surface area (Å²) >= 11 is 0. The van der Waals surface area contributed by atoms with Gasteiger partial charge >= 0.3 is 5.97 Å². The molecule has 1 aromatic rings. The normalized spacial score (nSPS) is 24.2. The Labute approximate surface area is 162 Å². The second kappa shape index (κ2) is 7.16. The molecule has 28 heavy (non-hydrogen) atoms. The van der Waals surface area contributed by atoms with Gasteiger partial charge in [0.2, 0.25) is 5.91 Å². The molecule has 4 rings (SSSR count). The van der Waals surface area contributed by atoms with Gasteiger partial charge in [-0.15, -0.1) is 0 Å². The SMILES string of the molecule is O=C(O)[C@@H]1COC2(CCN(C(=O)C3CCC3)CC2)N1C(=O)c1ccc(F)cc1. The second-order valence-electron chi connectivity index (χ2n) is 7.75. The number of ether oxygens (including phenoxy) is 1. The van der Waals surface area contributed by atoms with Crippen molar-refractivity contribution < 1.29 is 28.6 Å². The number of aliphatic carboxylic acids is 1. The number of carboxylic acid groups (broad SMARTS) is 1. The zero-order valence-electron chi connectivity index (χ0n) is 15.5. The van der Waals surface area contributed by atoms with Crippen LogP contribution in [0.1, 0.15) is 42.5 Å². The number of carbonyl (C=O) groups excluding carboxylic acids is 2. The number of benzene rings is 1. The molecule has 150 valence electrons. The van der Waals surface area contributed by atoms with E-state index in [-0.39, 0.29) is 24.0 Å². The van der Waals surface area contributed by atoms with Crippen LogP contribution in [-0.4, -0.2) is 64.2 Å². The van der Waals surface area contributed by atoms with E-state index in [1.165, 1.54) is 29.2 Å². The smallest absolute Gasteiger partial charge is 0.328 e. The van der Waals surface area contributed by atoms with E-state index in [9.17, 15) is 23.9 Å². The number of carbonyl (C=O) groups is 3. The number of piperidine rings is 1. The first-order valence-electron chi connectivity index (χ1n) is 9.66. The molecule has 8 heteroatoms. The minimum Gasteiger partial charge on any atom is -0.480 e. The molecular formula is C20H23FN2O5. The van der Waals surface area contributed by atoms with Crippen LogP contribution in [0, 0.1) is 11.7 Å². The van der Waals surface area contributed by atoms with Crippen molar-refractivity contribution in [2.45, 2.75) is 43.9 Å². The second-order valence-corrected chi connectivity index (χ2v) is 7.75. The number of hydrogen-bond acceptors (Lipinski definition) is 4. The predicted molar refractivity (Wildman–Crippen MR) is 95.8 cm³/mol. The topological polar surface area (TPSA) is 87.2 Å². The van der Waals surface area contributed by atoms with Crippen molar-refractivity contribution in [2.75, 3.05) is 19.7 Å². The molecule has 1 saturated carbocycles. The lowest BCUT2D eigenvalue weighted by Gasteiger charge is -2.45. The summed E-state index contributed by atoms with van der Waals surface area (Å²) in [6.07, 6.45) is 3.66. The maximum atomic E-state index is 13.2. The lowest BCUT2D eigenvalue weighted by molar-refractivity contribution is -0.151. The summed E-state index contributed by atoms with van der Waals surface area (Å²) in [5.74, 6) is -1.86.